The number of rotatable bonds is 5. The molecule has 1 N–H and O–H groups in total. The van der Waals surface area contributed by atoms with Crippen LogP contribution in [0.5, 0.6) is 0 Å². The number of carbonyl (C=O) groups excluding carboxylic acids is 1. The molecule has 7 heteroatoms. The fourth-order valence-electron chi connectivity index (χ4n) is 2.95. The van der Waals surface area contributed by atoms with Crippen molar-refractivity contribution in [2.45, 2.75) is 39.3 Å². The summed E-state index contributed by atoms with van der Waals surface area (Å²) in [5.74, 6) is 1.76. The number of carbonyl (C=O) groups is 1. The lowest BCUT2D eigenvalue weighted by atomic mass is 10.1. The molecule has 0 aromatic carbocycles. The lowest BCUT2D eigenvalue weighted by molar-refractivity contribution is 0.205. The minimum atomic E-state index is -0.152. The zero-order valence-corrected chi connectivity index (χ0v) is 14.9. The van der Waals surface area contributed by atoms with Crippen LogP contribution in [0.4, 0.5) is 10.6 Å². The molecule has 1 saturated heterocycles. The third-order valence-corrected chi connectivity index (χ3v) is 4.36. The van der Waals surface area contributed by atoms with Gasteiger partial charge in [0.15, 0.2) is 0 Å². The molecule has 0 aliphatic carbocycles. The number of nitrogens with zero attached hydrogens (tertiary/aromatic N) is 4. The van der Waals surface area contributed by atoms with Gasteiger partial charge in [-0.3, -0.25) is 0 Å². The van der Waals surface area contributed by atoms with Gasteiger partial charge in [0.05, 0.1) is 6.54 Å². The highest BCUT2D eigenvalue weighted by molar-refractivity contribution is 5.73. The van der Waals surface area contributed by atoms with Gasteiger partial charge >= 0.3 is 6.03 Å². The second-order valence-electron chi connectivity index (χ2n) is 6.52. The Balaban J connectivity index is 1.48. The first kappa shape index (κ1) is 17.3. The second kappa shape index (κ2) is 8.00. The van der Waals surface area contributed by atoms with E-state index in [-0.39, 0.29) is 6.03 Å². The van der Waals surface area contributed by atoms with Crippen LogP contribution in [-0.4, -0.2) is 41.2 Å². The van der Waals surface area contributed by atoms with Gasteiger partial charge in [-0.2, -0.15) is 0 Å². The lowest BCUT2D eigenvalue weighted by Crippen LogP contribution is -2.36. The SMILES string of the molecule is Cc1cc(CN(C)C(=O)NCc2ccc(N3CCCCC3)nc2)no1. The van der Waals surface area contributed by atoms with Crippen LogP contribution in [0.25, 0.3) is 0 Å². The van der Waals surface area contributed by atoms with E-state index in [1.807, 2.05) is 31.3 Å². The van der Waals surface area contributed by atoms with Crippen molar-refractivity contribution in [3.05, 3.63) is 41.4 Å². The van der Waals surface area contributed by atoms with Crippen molar-refractivity contribution in [2.24, 2.45) is 0 Å². The van der Waals surface area contributed by atoms with Crippen LogP contribution < -0.4 is 10.2 Å². The summed E-state index contributed by atoms with van der Waals surface area (Å²) >= 11 is 0. The first-order chi connectivity index (χ1) is 12.1. The number of aromatic nitrogens is 2. The van der Waals surface area contributed by atoms with Crippen molar-refractivity contribution < 1.29 is 9.32 Å². The van der Waals surface area contributed by atoms with Crippen molar-refractivity contribution in [1.82, 2.24) is 20.4 Å². The van der Waals surface area contributed by atoms with Crippen LogP contribution in [-0.2, 0) is 13.1 Å². The molecule has 1 fully saturated rings. The summed E-state index contributed by atoms with van der Waals surface area (Å²) < 4.78 is 5.01. The van der Waals surface area contributed by atoms with Crippen LogP contribution in [0.1, 0.15) is 36.3 Å². The normalized spacial score (nSPS) is 14.4. The molecular weight excluding hydrogens is 318 g/mol. The smallest absolute Gasteiger partial charge is 0.317 e. The molecule has 0 radical (unpaired) electrons. The topological polar surface area (TPSA) is 74.5 Å². The Morgan fingerprint density at radius 1 is 1.32 bits per heavy atom. The first-order valence-corrected chi connectivity index (χ1v) is 8.73. The van der Waals surface area contributed by atoms with Gasteiger partial charge < -0.3 is 19.6 Å². The van der Waals surface area contributed by atoms with Crippen LogP contribution in [0.15, 0.2) is 28.9 Å². The quantitative estimate of drug-likeness (QED) is 0.903. The molecule has 2 amide bonds. The fourth-order valence-corrected chi connectivity index (χ4v) is 2.95. The van der Waals surface area contributed by atoms with E-state index >= 15 is 0 Å². The van der Waals surface area contributed by atoms with Crippen LogP contribution in [0, 0.1) is 6.92 Å². The summed E-state index contributed by atoms with van der Waals surface area (Å²) in [6.45, 7) is 4.85. The number of pyridine rings is 1. The van der Waals surface area contributed by atoms with E-state index in [1.165, 1.54) is 19.3 Å². The van der Waals surface area contributed by atoms with Crippen LogP contribution >= 0.6 is 0 Å². The number of piperidine rings is 1. The molecule has 1 aliphatic rings. The van der Waals surface area contributed by atoms with Crippen molar-refractivity contribution >= 4 is 11.8 Å². The Bertz CT molecular complexity index is 692. The predicted octanol–water partition coefficient (Wildman–Crippen LogP) is 2.71. The van der Waals surface area contributed by atoms with Gasteiger partial charge in [0.25, 0.3) is 0 Å². The number of urea groups is 1. The molecule has 0 saturated carbocycles. The van der Waals surface area contributed by atoms with Gasteiger partial charge in [0, 0.05) is 38.9 Å². The third kappa shape index (κ3) is 4.71. The molecule has 134 valence electrons. The van der Waals surface area contributed by atoms with Gasteiger partial charge in [-0.05, 0) is 37.8 Å². The van der Waals surface area contributed by atoms with Crippen LogP contribution in [0.2, 0.25) is 0 Å². The summed E-state index contributed by atoms with van der Waals surface area (Å²) in [6, 6.07) is 5.74. The zero-order chi connectivity index (χ0) is 17.6. The van der Waals surface area contributed by atoms with E-state index in [1.54, 1.807) is 11.9 Å². The molecule has 2 aromatic rings. The van der Waals surface area contributed by atoms with E-state index in [2.05, 4.69) is 20.4 Å². The monoisotopic (exact) mass is 343 g/mol. The predicted molar refractivity (Wildman–Crippen MR) is 95.2 cm³/mol. The van der Waals surface area contributed by atoms with E-state index in [4.69, 9.17) is 4.52 Å². The number of nitrogens with one attached hydrogen (secondary N) is 1. The van der Waals surface area contributed by atoms with E-state index in [9.17, 15) is 4.79 Å². The van der Waals surface area contributed by atoms with Gasteiger partial charge in [-0.15, -0.1) is 0 Å². The Morgan fingerprint density at radius 2 is 2.12 bits per heavy atom. The van der Waals surface area contributed by atoms with Crippen molar-refractivity contribution in [1.29, 1.82) is 0 Å². The molecule has 3 rings (SSSR count). The maximum atomic E-state index is 12.2. The molecule has 2 aromatic heterocycles. The zero-order valence-electron chi connectivity index (χ0n) is 14.9. The van der Waals surface area contributed by atoms with E-state index < -0.39 is 0 Å². The van der Waals surface area contributed by atoms with E-state index in [0.29, 0.717) is 13.1 Å². The number of hydrogen-bond acceptors (Lipinski definition) is 5. The van der Waals surface area contributed by atoms with Crippen molar-refractivity contribution in [2.75, 3.05) is 25.0 Å². The Kier molecular flexibility index (Phi) is 5.53. The summed E-state index contributed by atoms with van der Waals surface area (Å²) in [5, 5.41) is 6.80. The highest BCUT2D eigenvalue weighted by Crippen LogP contribution is 2.17. The maximum Gasteiger partial charge on any atom is 0.317 e. The minimum absolute atomic E-state index is 0.152. The maximum absolute atomic E-state index is 12.2. The standard InChI is InChI=1S/C18H25N5O2/c1-14-10-16(21-25-14)13-22(2)18(24)20-12-15-6-7-17(19-11-15)23-8-4-3-5-9-23/h6-7,10-11H,3-5,8-9,12-13H2,1-2H3,(H,20,24). The third-order valence-electron chi connectivity index (χ3n) is 4.36. The lowest BCUT2D eigenvalue weighted by Gasteiger charge is -2.27. The largest absolute Gasteiger partial charge is 0.361 e. The number of anilines is 1. The fraction of sp³-hybridized carbons (Fsp3) is 0.500. The summed E-state index contributed by atoms with van der Waals surface area (Å²) in [7, 11) is 1.73. The van der Waals surface area contributed by atoms with Gasteiger partial charge in [-0.25, -0.2) is 9.78 Å². The van der Waals surface area contributed by atoms with Gasteiger partial charge in [0.2, 0.25) is 0 Å². The molecule has 0 unspecified atom stereocenters. The van der Waals surface area contributed by atoms with E-state index in [0.717, 1.165) is 35.9 Å². The highest BCUT2D eigenvalue weighted by atomic mass is 16.5. The molecule has 3 heterocycles. The highest BCUT2D eigenvalue weighted by Gasteiger charge is 2.13. The summed E-state index contributed by atoms with van der Waals surface area (Å²) in [5.41, 5.74) is 1.72. The average molecular weight is 343 g/mol. The van der Waals surface area contributed by atoms with Crippen molar-refractivity contribution in [3.63, 3.8) is 0 Å². The van der Waals surface area contributed by atoms with Gasteiger partial charge in [-0.1, -0.05) is 11.2 Å². The molecule has 7 nitrogen and oxygen atoms in total. The molecule has 1 aliphatic heterocycles. The molecule has 0 bridgehead atoms. The Morgan fingerprint density at radius 3 is 2.76 bits per heavy atom. The first-order valence-electron chi connectivity index (χ1n) is 8.73. The Hall–Kier alpha value is -2.57. The molecule has 0 atom stereocenters. The summed E-state index contributed by atoms with van der Waals surface area (Å²) in [6.07, 6.45) is 5.61. The summed E-state index contributed by atoms with van der Waals surface area (Å²) in [4.78, 5) is 20.6. The minimum Gasteiger partial charge on any atom is -0.361 e. The number of aryl methyl sites for hydroxylation is 1. The second-order valence-corrected chi connectivity index (χ2v) is 6.52. The molecule has 0 spiro atoms. The van der Waals surface area contributed by atoms with Crippen LogP contribution in [0.3, 0.4) is 0 Å². The molecular formula is C18H25N5O2. The Labute approximate surface area is 148 Å². The van der Waals surface area contributed by atoms with Gasteiger partial charge in [0.1, 0.15) is 17.3 Å². The number of hydrogen-bond donors (Lipinski definition) is 1. The number of amides is 2. The molecule has 25 heavy (non-hydrogen) atoms. The van der Waals surface area contributed by atoms with Crippen molar-refractivity contribution in [3.8, 4) is 0 Å². The average Bonchev–Trinajstić information content (AvgIpc) is 3.05.